The minimum atomic E-state index is -0.261. The van der Waals surface area contributed by atoms with Crippen LogP contribution in [0.15, 0.2) is 24.4 Å². The Morgan fingerprint density at radius 1 is 1.43 bits per heavy atom. The summed E-state index contributed by atoms with van der Waals surface area (Å²) in [5.41, 5.74) is 7.67. The lowest BCUT2D eigenvalue weighted by atomic mass is 10.1. The van der Waals surface area contributed by atoms with Crippen LogP contribution >= 0.6 is 0 Å². The molecule has 72 valence electrons. The summed E-state index contributed by atoms with van der Waals surface area (Å²) in [7, 11) is 0. The largest absolute Gasteiger partial charge is 0.396 e. The molecule has 0 fully saturated rings. The van der Waals surface area contributed by atoms with Crippen LogP contribution in [0.25, 0.3) is 11.3 Å². The average Bonchev–Trinajstić information content (AvgIpc) is 2.57. The number of aryl methyl sites for hydroxylation is 1. The molecule has 1 heterocycles. The first-order chi connectivity index (χ1) is 6.70. The average molecular weight is 191 g/mol. The van der Waals surface area contributed by atoms with E-state index in [0.717, 1.165) is 0 Å². The monoisotopic (exact) mass is 191 g/mol. The van der Waals surface area contributed by atoms with E-state index < -0.39 is 0 Å². The highest BCUT2D eigenvalue weighted by Crippen LogP contribution is 2.26. The molecule has 4 heteroatoms. The molecule has 0 saturated carbocycles. The lowest BCUT2D eigenvalue weighted by Crippen LogP contribution is -1.92. The fourth-order valence-corrected chi connectivity index (χ4v) is 1.35. The molecule has 3 nitrogen and oxygen atoms in total. The summed E-state index contributed by atoms with van der Waals surface area (Å²) in [6, 6.07) is 5.17. The van der Waals surface area contributed by atoms with Gasteiger partial charge in [0.1, 0.15) is 5.82 Å². The zero-order chi connectivity index (χ0) is 10.1. The number of hydrogen-bond donors (Lipinski definition) is 2. The summed E-state index contributed by atoms with van der Waals surface area (Å²) in [5.74, 6) is -0.261. The number of rotatable bonds is 1. The minimum Gasteiger partial charge on any atom is -0.396 e. The molecule has 0 atom stereocenters. The van der Waals surface area contributed by atoms with Gasteiger partial charge in [0.15, 0.2) is 0 Å². The van der Waals surface area contributed by atoms with E-state index in [4.69, 9.17) is 5.73 Å². The third-order valence-electron chi connectivity index (χ3n) is 2.13. The standard InChI is InChI=1S/C10H10FN3/c1-6-3-2-4-7(9(6)11)10-8(12)5-13-14-10/h2-5H,12H2,1H3,(H,13,14). The Labute approximate surface area is 80.8 Å². The molecule has 1 aromatic heterocycles. The summed E-state index contributed by atoms with van der Waals surface area (Å²) in [6.07, 6.45) is 1.47. The van der Waals surface area contributed by atoms with Crippen molar-refractivity contribution in [2.45, 2.75) is 6.92 Å². The van der Waals surface area contributed by atoms with Gasteiger partial charge in [0.05, 0.1) is 17.6 Å². The van der Waals surface area contributed by atoms with Crippen molar-refractivity contribution < 1.29 is 4.39 Å². The van der Waals surface area contributed by atoms with E-state index in [1.165, 1.54) is 6.20 Å². The van der Waals surface area contributed by atoms with Crippen molar-refractivity contribution in [1.29, 1.82) is 0 Å². The van der Waals surface area contributed by atoms with E-state index in [1.54, 1.807) is 25.1 Å². The Bertz CT molecular complexity index is 462. The van der Waals surface area contributed by atoms with Gasteiger partial charge >= 0.3 is 0 Å². The summed E-state index contributed by atoms with van der Waals surface area (Å²) in [4.78, 5) is 0. The quantitative estimate of drug-likeness (QED) is 0.725. The maximum atomic E-state index is 13.6. The third kappa shape index (κ3) is 1.25. The van der Waals surface area contributed by atoms with Crippen LogP contribution in [0.4, 0.5) is 10.1 Å². The Hall–Kier alpha value is -1.84. The van der Waals surface area contributed by atoms with Gasteiger partial charge in [-0.05, 0) is 18.6 Å². The molecule has 0 radical (unpaired) electrons. The van der Waals surface area contributed by atoms with Gasteiger partial charge in [-0.25, -0.2) is 4.39 Å². The second-order valence-electron chi connectivity index (χ2n) is 3.14. The third-order valence-corrected chi connectivity index (χ3v) is 2.13. The predicted molar refractivity (Wildman–Crippen MR) is 53.1 cm³/mol. The molecule has 0 amide bonds. The molecule has 2 aromatic rings. The second kappa shape index (κ2) is 3.14. The molecule has 0 saturated heterocycles. The molecule has 0 unspecified atom stereocenters. The van der Waals surface area contributed by atoms with E-state index in [9.17, 15) is 4.39 Å². The first-order valence-electron chi connectivity index (χ1n) is 4.24. The Morgan fingerprint density at radius 3 is 2.86 bits per heavy atom. The van der Waals surface area contributed by atoms with Gasteiger partial charge in [0.2, 0.25) is 0 Å². The Morgan fingerprint density at radius 2 is 2.21 bits per heavy atom. The van der Waals surface area contributed by atoms with Crippen molar-refractivity contribution in [2.75, 3.05) is 5.73 Å². The fourth-order valence-electron chi connectivity index (χ4n) is 1.35. The Balaban J connectivity index is 2.63. The highest BCUT2D eigenvalue weighted by atomic mass is 19.1. The number of nitrogen functional groups attached to an aromatic ring is 1. The Kier molecular flexibility index (Phi) is 1.96. The molecule has 0 aliphatic heterocycles. The van der Waals surface area contributed by atoms with Crippen LogP contribution in [0.3, 0.4) is 0 Å². The topological polar surface area (TPSA) is 54.7 Å². The highest BCUT2D eigenvalue weighted by molar-refractivity contribution is 5.72. The predicted octanol–water partition coefficient (Wildman–Crippen LogP) is 2.11. The van der Waals surface area contributed by atoms with Crippen LogP contribution in [0, 0.1) is 12.7 Å². The van der Waals surface area contributed by atoms with Gasteiger partial charge in [-0.2, -0.15) is 5.10 Å². The number of halogens is 1. The summed E-state index contributed by atoms with van der Waals surface area (Å²) in [5, 5.41) is 6.43. The number of aromatic amines is 1. The van der Waals surface area contributed by atoms with Crippen LogP contribution in [-0.4, -0.2) is 10.2 Å². The van der Waals surface area contributed by atoms with Crippen LogP contribution in [0.2, 0.25) is 0 Å². The zero-order valence-electron chi connectivity index (χ0n) is 7.71. The number of nitrogens with one attached hydrogen (secondary N) is 1. The van der Waals surface area contributed by atoms with E-state index in [2.05, 4.69) is 10.2 Å². The number of nitrogens with two attached hydrogens (primary N) is 1. The van der Waals surface area contributed by atoms with Gasteiger partial charge < -0.3 is 5.73 Å². The van der Waals surface area contributed by atoms with E-state index in [0.29, 0.717) is 22.5 Å². The van der Waals surface area contributed by atoms with Crippen LogP contribution in [0.1, 0.15) is 5.56 Å². The molecular weight excluding hydrogens is 181 g/mol. The molecule has 14 heavy (non-hydrogen) atoms. The number of anilines is 1. The molecule has 3 N–H and O–H groups in total. The maximum absolute atomic E-state index is 13.6. The van der Waals surface area contributed by atoms with Gasteiger partial charge in [-0.3, -0.25) is 5.10 Å². The maximum Gasteiger partial charge on any atom is 0.135 e. The number of nitrogens with zero attached hydrogens (tertiary/aromatic N) is 1. The van der Waals surface area contributed by atoms with E-state index in [1.807, 2.05) is 0 Å². The smallest absolute Gasteiger partial charge is 0.135 e. The SMILES string of the molecule is Cc1cccc(-c2[nH]ncc2N)c1F. The van der Waals surface area contributed by atoms with Gasteiger partial charge in [0, 0.05) is 5.56 Å². The van der Waals surface area contributed by atoms with Crippen molar-refractivity contribution in [2.24, 2.45) is 0 Å². The van der Waals surface area contributed by atoms with Gasteiger partial charge in [0.25, 0.3) is 0 Å². The minimum absolute atomic E-state index is 0.261. The number of hydrogen-bond acceptors (Lipinski definition) is 2. The molecule has 0 spiro atoms. The molecule has 0 aliphatic rings. The van der Waals surface area contributed by atoms with E-state index in [-0.39, 0.29) is 5.82 Å². The summed E-state index contributed by atoms with van der Waals surface area (Å²) < 4.78 is 13.6. The number of benzene rings is 1. The second-order valence-corrected chi connectivity index (χ2v) is 3.14. The molecule has 1 aromatic carbocycles. The van der Waals surface area contributed by atoms with Gasteiger partial charge in [-0.15, -0.1) is 0 Å². The number of H-pyrrole nitrogens is 1. The highest BCUT2D eigenvalue weighted by Gasteiger charge is 2.10. The van der Waals surface area contributed by atoms with Crippen LogP contribution in [-0.2, 0) is 0 Å². The summed E-state index contributed by atoms with van der Waals surface area (Å²) in [6.45, 7) is 1.71. The zero-order valence-corrected chi connectivity index (χ0v) is 7.71. The molecule has 0 bridgehead atoms. The van der Waals surface area contributed by atoms with Crippen LogP contribution < -0.4 is 5.73 Å². The van der Waals surface area contributed by atoms with Crippen molar-refractivity contribution in [1.82, 2.24) is 10.2 Å². The van der Waals surface area contributed by atoms with Crippen molar-refractivity contribution in [3.8, 4) is 11.3 Å². The van der Waals surface area contributed by atoms with Gasteiger partial charge in [-0.1, -0.05) is 12.1 Å². The van der Waals surface area contributed by atoms with E-state index >= 15 is 0 Å². The fraction of sp³-hybridized carbons (Fsp3) is 0.100. The lowest BCUT2D eigenvalue weighted by molar-refractivity contribution is 0.621. The van der Waals surface area contributed by atoms with Crippen molar-refractivity contribution >= 4 is 5.69 Å². The lowest BCUT2D eigenvalue weighted by Gasteiger charge is -2.03. The summed E-state index contributed by atoms with van der Waals surface area (Å²) >= 11 is 0. The first-order valence-corrected chi connectivity index (χ1v) is 4.24. The first kappa shape index (κ1) is 8.74. The number of aromatic nitrogens is 2. The van der Waals surface area contributed by atoms with Crippen molar-refractivity contribution in [3.63, 3.8) is 0 Å². The molecule has 2 rings (SSSR count). The van der Waals surface area contributed by atoms with Crippen molar-refractivity contribution in [3.05, 3.63) is 35.8 Å². The molecular formula is C10H10FN3. The molecule has 0 aliphatic carbocycles. The van der Waals surface area contributed by atoms with Crippen LogP contribution in [0.5, 0.6) is 0 Å². The normalized spacial score (nSPS) is 10.4.